The minimum absolute atomic E-state index is 0. The quantitative estimate of drug-likeness (QED) is 0.153. The van der Waals surface area contributed by atoms with Crippen molar-refractivity contribution < 1.29 is 5.48 Å². The minimum atomic E-state index is 0. The highest BCUT2D eigenvalue weighted by Gasteiger charge is 2.08. The second-order valence-electron chi connectivity index (χ2n) is 10.9. The van der Waals surface area contributed by atoms with Crippen molar-refractivity contribution in [1.82, 2.24) is 37.4 Å². The molecule has 0 aliphatic rings. The van der Waals surface area contributed by atoms with Crippen molar-refractivity contribution in [1.29, 1.82) is 0 Å². The Labute approximate surface area is 302 Å². The van der Waals surface area contributed by atoms with Crippen LogP contribution in [0.25, 0.3) is 70.7 Å². The van der Waals surface area contributed by atoms with Crippen LogP contribution >= 0.6 is 23.5 Å². The zero-order valence-corrected chi connectivity index (χ0v) is 28.7. The third kappa shape index (κ3) is 8.99. The van der Waals surface area contributed by atoms with Gasteiger partial charge in [-0.1, -0.05) is 72.9 Å². The maximum atomic E-state index is 4.47. The summed E-state index contributed by atoms with van der Waals surface area (Å²) in [4.78, 5) is 16.1. The van der Waals surface area contributed by atoms with Crippen LogP contribution < -0.4 is 0 Å². The Kier molecular flexibility index (Phi) is 11.7. The fourth-order valence-corrected chi connectivity index (χ4v) is 6.17. The molecule has 51 heavy (non-hydrogen) atoms. The van der Waals surface area contributed by atoms with Crippen LogP contribution in [-0.4, -0.2) is 42.9 Å². The molecule has 0 saturated carbocycles. The summed E-state index contributed by atoms with van der Waals surface area (Å²) in [6, 6.07) is 24.1. The predicted octanol–water partition coefficient (Wildman–Crippen LogP) is 8.82. The Morgan fingerprint density at radius 2 is 0.510 bits per heavy atom. The van der Waals surface area contributed by atoms with Gasteiger partial charge < -0.3 is 5.48 Å². The normalized spacial score (nSPS) is 11.5. The summed E-state index contributed by atoms with van der Waals surface area (Å²) in [6.07, 6.45) is 30.8. The molecule has 0 unspecified atom stereocenters. The molecule has 8 rings (SSSR count). The van der Waals surface area contributed by atoms with Crippen LogP contribution in [-0.2, 0) is 0 Å². The number of rotatable bonds is 8. The van der Waals surface area contributed by atoms with Crippen LogP contribution in [0.4, 0.5) is 0 Å². The Bertz CT molecular complexity index is 2090. The van der Waals surface area contributed by atoms with Crippen LogP contribution in [0, 0.1) is 0 Å². The van der Waals surface area contributed by atoms with E-state index in [0.717, 1.165) is 66.6 Å². The standard InChI is InChI=1S/2C20H14N4S.H2O/c2*1(15-7-11-21-12-8-15)3-17-5-6-18(20-19(17)23-25-24-20)4-2-16-9-13-22-14-10-16;/h2*1-14H;1H2/b2*3-1+,4-2+;. The van der Waals surface area contributed by atoms with E-state index in [-0.39, 0.29) is 5.48 Å². The largest absolute Gasteiger partial charge is 0.412 e. The van der Waals surface area contributed by atoms with Gasteiger partial charge in [-0.3, -0.25) is 19.9 Å². The van der Waals surface area contributed by atoms with Crippen molar-refractivity contribution >= 4 is 94.1 Å². The Morgan fingerprint density at radius 3 is 0.725 bits per heavy atom. The minimum Gasteiger partial charge on any atom is -0.412 e. The van der Waals surface area contributed by atoms with Gasteiger partial charge in [0.25, 0.3) is 0 Å². The summed E-state index contributed by atoms with van der Waals surface area (Å²) in [5, 5.41) is 0. The fourth-order valence-electron chi connectivity index (χ4n) is 4.99. The number of nitrogens with zero attached hydrogens (tertiary/aromatic N) is 8. The molecule has 9 nitrogen and oxygen atoms in total. The lowest BCUT2D eigenvalue weighted by atomic mass is 10.1. The molecule has 6 aromatic heterocycles. The molecule has 0 aliphatic heterocycles. The van der Waals surface area contributed by atoms with Gasteiger partial charge in [0, 0.05) is 71.8 Å². The van der Waals surface area contributed by atoms with E-state index in [1.807, 2.05) is 48.5 Å². The first-order valence-electron chi connectivity index (χ1n) is 15.6. The predicted molar refractivity (Wildman–Crippen MR) is 211 cm³/mol. The highest BCUT2D eigenvalue weighted by Crippen LogP contribution is 2.26. The van der Waals surface area contributed by atoms with E-state index in [2.05, 4.69) is 110 Å². The monoisotopic (exact) mass is 702 g/mol. The molecule has 2 aromatic carbocycles. The first-order valence-corrected chi connectivity index (χ1v) is 17.1. The fraction of sp³-hybridized carbons (Fsp3) is 0. The molecule has 0 bridgehead atoms. The number of aromatic nitrogens is 8. The van der Waals surface area contributed by atoms with Crippen molar-refractivity contribution in [3.05, 3.63) is 167 Å². The highest BCUT2D eigenvalue weighted by molar-refractivity contribution is 7.00. The van der Waals surface area contributed by atoms with Crippen molar-refractivity contribution in [3.8, 4) is 0 Å². The second-order valence-corrected chi connectivity index (χ2v) is 11.9. The molecule has 6 heterocycles. The van der Waals surface area contributed by atoms with Gasteiger partial charge in [0.05, 0.1) is 23.5 Å². The highest BCUT2D eigenvalue weighted by atomic mass is 32.1. The molecule has 0 radical (unpaired) electrons. The van der Waals surface area contributed by atoms with Crippen molar-refractivity contribution in [2.45, 2.75) is 0 Å². The van der Waals surface area contributed by atoms with Gasteiger partial charge in [0.2, 0.25) is 0 Å². The Hall–Kier alpha value is -6.40. The molecule has 0 atom stereocenters. The lowest BCUT2D eigenvalue weighted by Crippen LogP contribution is -1.82. The number of benzene rings is 2. The number of hydrogen-bond acceptors (Lipinski definition) is 10. The molecule has 0 saturated heterocycles. The first-order chi connectivity index (χ1) is 24.8. The summed E-state index contributed by atoms with van der Waals surface area (Å²) in [7, 11) is 0. The third-order valence-corrected chi connectivity index (χ3v) is 8.66. The summed E-state index contributed by atoms with van der Waals surface area (Å²) < 4.78 is 17.9. The van der Waals surface area contributed by atoms with Crippen LogP contribution in [0.15, 0.2) is 122 Å². The van der Waals surface area contributed by atoms with Crippen molar-refractivity contribution in [2.24, 2.45) is 0 Å². The lowest BCUT2D eigenvalue weighted by molar-refractivity contribution is 0.824. The molecular formula is C40H30N8OS2. The van der Waals surface area contributed by atoms with Gasteiger partial charge in [0.1, 0.15) is 22.1 Å². The van der Waals surface area contributed by atoms with Crippen LogP contribution in [0.5, 0.6) is 0 Å². The van der Waals surface area contributed by atoms with E-state index < -0.39 is 0 Å². The van der Waals surface area contributed by atoms with Crippen molar-refractivity contribution in [2.75, 3.05) is 0 Å². The lowest BCUT2D eigenvalue weighted by Gasteiger charge is -2.00. The van der Waals surface area contributed by atoms with E-state index in [9.17, 15) is 0 Å². The first kappa shape index (κ1) is 34.5. The molecular weight excluding hydrogens is 673 g/mol. The topological polar surface area (TPSA) is 135 Å². The smallest absolute Gasteiger partial charge is 0.112 e. The Morgan fingerprint density at radius 1 is 0.294 bits per heavy atom. The maximum absolute atomic E-state index is 4.47. The SMILES string of the molecule is C(=C\c1ccc(/C=C/c2ccncc2)c2nsnc12)/c1ccncc1.C(=C\c1ccc(/C=C/c2ccncc2)c2nsnc12)/c1ccncc1.O. The van der Waals surface area contributed by atoms with Crippen molar-refractivity contribution in [3.63, 3.8) is 0 Å². The molecule has 0 spiro atoms. The van der Waals surface area contributed by atoms with Crippen LogP contribution in [0.2, 0.25) is 0 Å². The number of pyridine rings is 4. The molecule has 11 heteroatoms. The third-order valence-electron chi connectivity index (χ3n) is 7.60. The average molecular weight is 703 g/mol. The van der Waals surface area contributed by atoms with Gasteiger partial charge >= 0.3 is 0 Å². The van der Waals surface area contributed by atoms with E-state index in [4.69, 9.17) is 0 Å². The number of hydrogen-bond donors (Lipinski definition) is 0. The van der Waals surface area contributed by atoms with Gasteiger partial charge in [0.15, 0.2) is 0 Å². The van der Waals surface area contributed by atoms with E-state index in [1.54, 1.807) is 49.6 Å². The summed E-state index contributed by atoms with van der Waals surface area (Å²) in [5.74, 6) is 0. The van der Waals surface area contributed by atoms with Gasteiger partial charge in [-0.25, -0.2) is 0 Å². The maximum Gasteiger partial charge on any atom is 0.112 e. The van der Waals surface area contributed by atoms with E-state index >= 15 is 0 Å². The average Bonchev–Trinajstić information content (AvgIpc) is 3.89. The Balaban J connectivity index is 0.000000172. The molecule has 2 N–H and O–H groups in total. The number of fused-ring (bicyclic) bond motifs is 2. The molecule has 248 valence electrons. The molecule has 8 aromatic rings. The van der Waals surface area contributed by atoms with Crippen LogP contribution in [0.3, 0.4) is 0 Å². The van der Waals surface area contributed by atoms with E-state index in [0.29, 0.717) is 0 Å². The summed E-state index contributed by atoms with van der Waals surface area (Å²) in [6.45, 7) is 0. The molecule has 0 amide bonds. The molecule has 0 fully saturated rings. The van der Waals surface area contributed by atoms with Gasteiger partial charge in [-0.15, -0.1) is 0 Å². The second kappa shape index (κ2) is 17.3. The zero-order valence-electron chi connectivity index (χ0n) is 27.1. The van der Waals surface area contributed by atoms with E-state index in [1.165, 1.54) is 23.5 Å². The van der Waals surface area contributed by atoms with Gasteiger partial charge in [-0.05, 0) is 70.8 Å². The van der Waals surface area contributed by atoms with Gasteiger partial charge in [-0.2, -0.15) is 17.5 Å². The zero-order chi connectivity index (χ0) is 33.8. The summed E-state index contributed by atoms with van der Waals surface area (Å²) in [5.41, 5.74) is 12.3. The van der Waals surface area contributed by atoms with Crippen LogP contribution in [0.1, 0.15) is 44.5 Å². The molecule has 0 aliphatic carbocycles. The summed E-state index contributed by atoms with van der Waals surface area (Å²) >= 11 is 2.47.